The van der Waals surface area contributed by atoms with E-state index in [2.05, 4.69) is 20.3 Å². The summed E-state index contributed by atoms with van der Waals surface area (Å²) in [6, 6.07) is 0. The number of aromatic nitrogens is 4. The maximum atomic E-state index is 12.4. The van der Waals surface area contributed by atoms with Crippen LogP contribution in [0.1, 0.15) is 33.9 Å². The van der Waals surface area contributed by atoms with Gasteiger partial charge in [-0.05, 0) is 0 Å². The number of nitrogens with zero attached hydrogens (tertiary/aromatic N) is 3. The Kier molecular flexibility index (Phi) is 6.25. The van der Waals surface area contributed by atoms with Gasteiger partial charge < -0.3 is 29.5 Å². The molecule has 0 radical (unpaired) electrons. The van der Waals surface area contributed by atoms with Crippen molar-refractivity contribution in [3.63, 3.8) is 0 Å². The van der Waals surface area contributed by atoms with E-state index in [-0.39, 0.29) is 17.1 Å². The fourth-order valence-corrected chi connectivity index (χ4v) is 3.29. The Morgan fingerprint density at radius 1 is 1.24 bits per heavy atom. The van der Waals surface area contributed by atoms with Crippen molar-refractivity contribution < 1.29 is 43.9 Å². The summed E-state index contributed by atoms with van der Waals surface area (Å²) >= 11 is 0. The third-order valence-electron chi connectivity index (χ3n) is 4.79. The number of amides is 1. The van der Waals surface area contributed by atoms with Crippen LogP contribution in [0.25, 0.3) is 11.2 Å². The number of aliphatic hydroxyl groups is 3. The van der Waals surface area contributed by atoms with E-state index in [4.69, 9.17) is 14.2 Å². The van der Waals surface area contributed by atoms with Crippen LogP contribution < -0.4 is 10.9 Å². The Labute approximate surface area is 185 Å². The van der Waals surface area contributed by atoms with Gasteiger partial charge in [-0.3, -0.25) is 34.0 Å². The average Bonchev–Trinajstić information content (AvgIpc) is 3.18. The van der Waals surface area contributed by atoms with E-state index in [0.29, 0.717) is 0 Å². The predicted octanol–water partition coefficient (Wildman–Crippen LogP) is -1.89. The van der Waals surface area contributed by atoms with E-state index in [9.17, 15) is 34.5 Å². The van der Waals surface area contributed by atoms with Gasteiger partial charge in [0.2, 0.25) is 18.1 Å². The van der Waals surface area contributed by atoms with Crippen molar-refractivity contribution in [3.05, 3.63) is 16.7 Å². The first kappa shape index (κ1) is 24.2. The number of anilines is 1. The molecule has 33 heavy (non-hydrogen) atoms. The molecule has 1 aliphatic heterocycles. The summed E-state index contributed by atoms with van der Waals surface area (Å²) in [5, 5.41) is 34.3. The van der Waals surface area contributed by atoms with Crippen molar-refractivity contribution in [2.45, 2.75) is 51.6 Å². The molecule has 2 aromatic heterocycles. The minimum Gasteiger partial charge on any atom is -0.423 e. The molecule has 0 aromatic carbocycles. The van der Waals surface area contributed by atoms with E-state index < -0.39 is 59.8 Å². The lowest BCUT2D eigenvalue weighted by Crippen LogP contribution is -2.62. The SMILES string of the molecule is CC(=O)O[C@@]1(O)[C@@H](CO)O[C@@H](n2cnc3c(=O)[nH]c(NC(=O)C(C)C)nc32)[C@@]1(O)OC(C)=O. The smallest absolute Gasteiger partial charge is 0.326 e. The van der Waals surface area contributed by atoms with Crippen LogP contribution >= 0.6 is 0 Å². The number of ether oxygens (including phenoxy) is 3. The van der Waals surface area contributed by atoms with Gasteiger partial charge in [0.15, 0.2) is 17.3 Å². The van der Waals surface area contributed by atoms with Gasteiger partial charge in [0, 0.05) is 19.8 Å². The van der Waals surface area contributed by atoms with Gasteiger partial charge in [0.05, 0.1) is 12.9 Å². The molecule has 3 heterocycles. The van der Waals surface area contributed by atoms with E-state index in [0.717, 1.165) is 24.7 Å². The lowest BCUT2D eigenvalue weighted by Gasteiger charge is -2.37. The Hall–Kier alpha value is -3.40. The van der Waals surface area contributed by atoms with Crippen LogP contribution in [0.3, 0.4) is 0 Å². The standard InChI is InChI=1S/C18H23N5O10/c1-7(2)13(27)21-16-20-12-11(14(28)22-16)19-6-23(12)15-18(30,33-9(4)26)17(29,32-8(3)25)10(5-24)31-15/h6-7,10,15,24,29-30H,5H2,1-4H3,(H2,20,21,22,27,28)/t10-,15-,17+,18-/m1/s1. The maximum absolute atomic E-state index is 12.4. The number of hydrogen-bond acceptors (Lipinski definition) is 12. The van der Waals surface area contributed by atoms with Crippen molar-refractivity contribution in [3.8, 4) is 0 Å². The Morgan fingerprint density at radius 3 is 2.39 bits per heavy atom. The zero-order valence-corrected chi connectivity index (χ0v) is 18.1. The van der Waals surface area contributed by atoms with Gasteiger partial charge in [0.25, 0.3) is 5.56 Å². The fourth-order valence-electron chi connectivity index (χ4n) is 3.29. The maximum Gasteiger partial charge on any atom is 0.326 e. The van der Waals surface area contributed by atoms with Crippen LogP contribution in [0, 0.1) is 5.92 Å². The summed E-state index contributed by atoms with van der Waals surface area (Å²) in [6.07, 6.45) is -2.69. The second-order valence-electron chi connectivity index (χ2n) is 7.62. The molecule has 1 fully saturated rings. The van der Waals surface area contributed by atoms with Crippen LogP contribution in [0.2, 0.25) is 0 Å². The van der Waals surface area contributed by atoms with Gasteiger partial charge in [-0.15, -0.1) is 0 Å². The highest BCUT2D eigenvalue weighted by Gasteiger charge is 2.73. The number of aromatic amines is 1. The summed E-state index contributed by atoms with van der Waals surface area (Å²) < 4.78 is 16.1. The number of carbonyl (C=O) groups is 3. The van der Waals surface area contributed by atoms with Crippen molar-refractivity contribution in [2.75, 3.05) is 11.9 Å². The van der Waals surface area contributed by atoms with Crippen LogP contribution in [0.4, 0.5) is 5.95 Å². The number of carbonyl (C=O) groups excluding carboxylic acids is 3. The molecule has 5 N–H and O–H groups in total. The number of imidazole rings is 1. The van der Waals surface area contributed by atoms with Crippen LogP contribution in [-0.2, 0) is 28.6 Å². The summed E-state index contributed by atoms with van der Waals surface area (Å²) in [4.78, 5) is 58.1. The average molecular weight is 469 g/mol. The predicted molar refractivity (Wildman–Crippen MR) is 106 cm³/mol. The molecule has 0 aliphatic carbocycles. The molecule has 15 nitrogen and oxygen atoms in total. The first-order valence-corrected chi connectivity index (χ1v) is 9.72. The van der Waals surface area contributed by atoms with E-state index in [1.165, 1.54) is 0 Å². The molecule has 15 heteroatoms. The van der Waals surface area contributed by atoms with Crippen molar-refractivity contribution in [2.24, 2.45) is 5.92 Å². The number of fused-ring (bicyclic) bond motifs is 1. The molecule has 3 rings (SSSR count). The molecule has 1 saturated heterocycles. The lowest BCUT2D eigenvalue weighted by atomic mass is 10.0. The third-order valence-corrected chi connectivity index (χ3v) is 4.79. The van der Waals surface area contributed by atoms with Crippen LogP contribution in [-0.4, -0.2) is 77.0 Å². The molecule has 1 amide bonds. The molecular formula is C18H23N5O10. The number of esters is 2. The summed E-state index contributed by atoms with van der Waals surface area (Å²) in [5.41, 5.74) is -1.27. The second-order valence-corrected chi connectivity index (χ2v) is 7.62. The Balaban J connectivity index is 2.19. The van der Waals surface area contributed by atoms with Gasteiger partial charge >= 0.3 is 23.5 Å². The molecule has 2 aromatic rings. The van der Waals surface area contributed by atoms with Gasteiger partial charge in [-0.25, -0.2) is 4.98 Å². The van der Waals surface area contributed by atoms with Crippen molar-refractivity contribution in [1.29, 1.82) is 0 Å². The molecule has 0 saturated carbocycles. The first-order chi connectivity index (χ1) is 15.3. The highest BCUT2D eigenvalue weighted by atomic mass is 16.8. The van der Waals surface area contributed by atoms with Crippen LogP contribution in [0.15, 0.2) is 11.1 Å². The quantitative estimate of drug-likeness (QED) is 0.232. The number of nitrogens with one attached hydrogen (secondary N) is 2. The highest BCUT2D eigenvalue weighted by Crippen LogP contribution is 2.48. The molecule has 0 bridgehead atoms. The van der Waals surface area contributed by atoms with E-state index >= 15 is 0 Å². The summed E-state index contributed by atoms with van der Waals surface area (Å²) in [5.74, 6) is -9.48. The van der Waals surface area contributed by atoms with Crippen LogP contribution in [0.5, 0.6) is 0 Å². The molecular weight excluding hydrogens is 446 g/mol. The topological polar surface area (TPSA) is 215 Å². The van der Waals surface area contributed by atoms with Crippen molar-refractivity contribution >= 4 is 35.0 Å². The van der Waals surface area contributed by atoms with Gasteiger partial charge in [0.1, 0.15) is 0 Å². The molecule has 180 valence electrons. The first-order valence-electron chi connectivity index (χ1n) is 9.72. The molecule has 0 spiro atoms. The zero-order chi connectivity index (χ0) is 24.7. The summed E-state index contributed by atoms with van der Waals surface area (Å²) in [6.45, 7) is 4.08. The number of rotatable bonds is 6. The summed E-state index contributed by atoms with van der Waals surface area (Å²) in [7, 11) is 0. The molecule has 0 unspecified atom stereocenters. The third kappa shape index (κ3) is 4.06. The zero-order valence-electron chi connectivity index (χ0n) is 18.1. The fraction of sp³-hybridized carbons (Fsp3) is 0.556. The Bertz CT molecular complexity index is 1160. The minimum atomic E-state index is -3.10. The molecule has 1 aliphatic rings. The van der Waals surface area contributed by atoms with E-state index in [1.54, 1.807) is 13.8 Å². The number of aliphatic hydroxyl groups excluding tert-OH is 1. The number of H-pyrrole nitrogens is 1. The van der Waals surface area contributed by atoms with E-state index in [1.807, 2.05) is 0 Å². The molecule has 4 atom stereocenters. The Morgan fingerprint density at radius 2 is 1.85 bits per heavy atom. The van der Waals surface area contributed by atoms with Gasteiger partial charge in [-0.1, -0.05) is 13.8 Å². The van der Waals surface area contributed by atoms with Crippen molar-refractivity contribution in [1.82, 2.24) is 19.5 Å². The normalized spacial score (nSPS) is 27.0. The second kappa shape index (κ2) is 8.51. The number of hydrogen-bond donors (Lipinski definition) is 5. The monoisotopic (exact) mass is 469 g/mol. The van der Waals surface area contributed by atoms with Gasteiger partial charge in [-0.2, -0.15) is 4.98 Å². The largest absolute Gasteiger partial charge is 0.423 e. The highest BCUT2D eigenvalue weighted by molar-refractivity contribution is 5.91. The lowest BCUT2D eigenvalue weighted by molar-refractivity contribution is -0.359. The minimum absolute atomic E-state index is 0.253.